The van der Waals surface area contributed by atoms with E-state index in [-0.39, 0.29) is 5.91 Å². The van der Waals surface area contributed by atoms with Gasteiger partial charge in [-0.15, -0.1) is 0 Å². The van der Waals surface area contributed by atoms with E-state index in [1.807, 2.05) is 0 Å². The van der Waals surface area contributed by atoms with Gasteiger partial charge in [0, 0.05) is 0 Å². The Morgan fingerprint density at radius 2 is 2.00 bits per heavy atom. The van der Waals surface area contributed by atoms with Gasteiger partial charge in [-0.05, 0) is 0 Å². The molecule has 1 N–H and O–H groups in total. The minimum absolute atomic E-state index is 0.0385. The van der Waals surface area contributed by atoms with Crippen LogP contribution in [0.15, 0.2) is 24.3 Å². The topological polar surface area (TPSA) is 29.1 Å². The van der Waals surface area contributed by atoms with E-state index in [9.17, 15) is 4.79 Å². The number of hydrogen-bond acceptors (Lipinski definition) is 1. The van der Waals surface area contributed by atoms with Gasteiger partial charge in [-0.3, -0.25) is 0 Å². The third-order valence-electron chi connectivity index (χ3n) is 1.36. The summed E-state index contributed by atoms with van der Waals surface area (Å²) < 4.78 is 0.730. The molecule has 4 heteroatoms. The maximum absolute atomic E-state index is 11.2. The van der Waals surface area contributed by atoms with E-state index in [4.69, 9.17) is 11.6 Å². The number of carbonyl (C=O) groups excluding carboxylic acids is 1. The summed E-state index contributed by atoms with van der Waals surface area (Å²) in [4.78, 5) is 11.2. The van der Waals surface area contributed by atoms with E-state index in [2.05, 4.69) is 5.32 Å². The molecular weight excluding hydrogens is 280 g/mol. The zero-order chi connectivity index (χ0) is 8.97. The van der Waals surface area contributed by atoms with Crippen molar-refractivity contribution in [3.05, 3.63) is 34.9 Å². The minimum atomic E-state index is -0.0385. The van der Waals surface area contributed by atoms with Gasteiger partial charge in [0.25, 0.3) is 0 Å². The molecule has 2 nitrogen and oxygen atoms in total. The fourth-order valence-electron chi connectivity index (χ4n) is 0.784. The van der Waals surface area contributed by atoms with Gasteiger partial charge in [0.05, 0.1) is 0 Å². The van der Waals surface area contributed by atoms with Crippen molar-refractivity contribution in [1.29, 1.82) is 0 Å². The molecule has 0 aliphatic rings. The van der Waals surface area contributed by atoms with Crippen molar-refractivity contribution in [3.8, 4) is 0 Å². The molecule has 0 unspecified atom stereocenters. The molecule has 0 aliphatic heterocycles. The molecule has 3 radical (unpaired) electrons. The molecule has 0 spiro atoms. The molecule has 0 aliphatic carbocycles. The molecule has 61 valence electrons. The summed E-state index contributed by atoms with van der Waals surface area (Å²) >= 11 is 6.96. The Bertz CT molecular complexity index is 273. The van der Waals surface area contributed by atoms with Crippen LogP contribution in [0.3, 0.4) is 0 Å². The first-order valence-electron chi connectivity index (χ1n) is 3.42. The van der Waals surface area contributed by atoms with Gasteiger partial charge in [0.2, 0.25) is 0 Å². The molecule has 0 bridgehead atoms. The Labute approximate surface area is 89.4 Å². The summed E-state index contributed by atoms with van der Waals surface area (Å²) in [7, 11) is 0. The van der Waals surface area contributed by atoms with Crippen LogP contribution in [0.1, 0.15) is 10.4 Å². The van der Waals surface area contributed by atoms with Crippen LogP contribution >= 0.6 is 11.6 Å². The van der Waals surface area contributed by atoms with Crippen LogP contribution in [-0.2, 0) is 0 Å². The number of halogens is 1. The van der Waals surface area contributed by atoms with Crippen molar-refractivity contribution in [2.45, 2.75) is 0 Å². The van der Waals surface area contributed by atoms with Crippen LogP contribution in [0.25, 0.3) is 0 Å². The van der Waals surface area contributed by atoms with E-state index >= 15 is 0 Å². The quantitative estimate of drug-likeness (QED) is 0.814. The van der Waals surface area contributed by atoms with Crippen molar-refractivity contribution >= 4 is 40.0 Å². The zero-order valence-electron chi connectivity index (χ0n) is 6.30. The van der Waals surface area contributed by atoms with Crippen LogP contribution in [0.4, 0.5) is 0 Å². The summed E-state index contributed by atoms with van der Waals surface area (Å²) in [5.74, 6) is -0.0385. The number of rotatable bonds is 2. The van der Waals surface area contributed by atoms with Gasteiger partial charge < -0.3 is 0 Å². The summed E-state index contributed by atoms with van der Waals surface area (Å²) in [5, 5.41) is 3.39. The molecular formula is C8H7ClNOSn. The first-order chi connectivity index (χ1) is 5.74. The Kier molecular flexibility index (Phi) is 3.88. The normalized spacial score (nSPS) is 9.50. The van der Waals surface area contributed by atoms with Crippen molar-refractivity contribution in [3.63, 3.8) is 0 Å². The molecule has 0 atom stereocenters. The Hall–Kier alpha value is -0.221. The van der Waals surface area contributed by atoms with Crippen LogP contribution in [0.5, 0.6) is 0 Å². The van der Waals surface area contributed by atoms with Gasteiger partial charge >= 0.3 is 89.6 Å². The number of nitrogens with one attached hydrogen (secondary N) is 1. The summed E-state index contributed by atoms with van der Waals surface area (Å²) in [5.41, 5.74) is 0.654. The summed E-state index contributed by atoms with van der Waals surface area (Å²) in [6, 6.07) is 6.84. The van der Waals surface area contributed by atoms with Crippen molar-refractivity contribution < 1.29 is 4.79 Å². The molecule has 12 heavy (non-hydrogen) atoms. The van der Waals surface area contributed by atoms with Crippen LogP contribution in [-0.4, -0.2) is 33.0 Å². The summed E-state index contributed by atoms with van der Waals surface area (Å²) in [6.45, 7) is 0. The van der Waals surface area contributed by atoms with Crippen LogP contribution < -0.4 is 5.32 Å². The molecule has 1 aromatic rings. The fraction of sp³-hybridized carbons (Fsp3) is 0.125. The fourth-order valence-corrected chi connectivity index (χ4v) is 1.37. The standard InChI is InChI=1S/C8H7ClNO.Sn/c1-10-8(11)6-2-4-7(9)5-3-6;/h2-5H,1H2,(H,10,11);. The van der Waals surface area contributed by atoms with Gasteiger partial charge in [0.15, 0.2) is 0 Å². The molecule has 0 saturated heterocycles. The van der Waals surface area contributed by atoms with Crippen molar-refractivity contribution in [2.75, 3.05) is 4.56 Å². The average Bonchev–Trinajstić information content (AvgIpc) is 2.06. The van der Waals surface area contributed by atoms with Gasteiger partial charge in [-0.25, -0.2) is 0 Å². The van der Waals surface area contributed by atoms with Gasteiger partial charge in [-0.1, -0.05) is 0 Å². The molecule has 0 heterocycles. The van der Waals surface area contributed by atoms with E-state index in [1.165, 1.54) is 22.5 Å². The molecule has 0 aromatic heterocycles. The van der Waals surface area contributed by atoms with Gasteiger partial charge in [0.1, 0.15) is 0 Å². The third kappa shape index (κ3) is 2.68. The molecule has 0 saturated carbocycles. The third-order valence-corrected chi connectivity index (χ3v) is 2.11. The van der Waals surface area contributed by atoms with E-state index < -0.39 is 0 Å². The Morgan fingerprint density at radius 3 is 2.50 bits per heavy atom. The van der Waals surface area contributed by atoms with Gasteiger partial charge in [-0.2, -0.15) is 0 Å². The first-order valence-corrected chi connectivity index (χ1v) is 5.82. The van der Waals surface area contributed by atoms with E-state index in [0.717, 1.165) is 4.56 Å². The molecule has 1 rings (SSSR count). The van der Waals surface area contributed by atoms with Crippen molar-refractivity contribution in [1.82, 2.24) is 5.32 Å². The van der Waals surface area contributed by atoms with E-state index in [1.54, 1.807) is 24.3 Å². The van der Waals surface area contributed by atoms with Crippen molar-refractivity contribution in [2.24, 2.45) is 0 Å². The second-order valence-corrected chi connectivity index (χ2v) is 3.64. The Balaban J connectivity index is 2.75. The monoisotopic (exact) mass is 288 g/mol. The number of carbonyl (C=O) groups is 1. The van der Waals surface area contributed by atoms with Crippen LogP contribution in [0, 0.1) is 0 Å². The average molecular weight is 287 g/mol. The number of benzene rings is 1. The van der Waals surface area contributed by atoms with Crippen LogP contribution in [0.2, 0.25) is 5.02 Å². The number of amides is 1. The van der Waals surface area contributed by atoms with E-state index in [0.29, 0.717) is 10.6 Å². The predicted molar refractivity (Wildman–Crippen MR) is 49.5 cm³/mol. The second kappa shape index (κ2) is 4.72. The number of hydrogen-bond donors (Lipinski definition) is 1. The Morgan fingerprint density at radius 1 is 1.42 bits per heavy atom. The maximum atomic E-state index is 11.2. The second-order valence-electron chi connectivity index (χ2n) is 2.19. The molecule has 1 amide bonds. The molecule has 0 fully saturated rings. The predicted octanol–water partition coefficient (Wildman–Crippen LogP) is 1.20. The molecule has 1 aromatic carbocycles. The first kappa shape index (κ1) is 9.86. The summed E-state index contributed by atoms with van der Waals surface area (Å²) in [6.07, 6.45) is 0. The zero-order valence-corrected chi connectivity index (χ0v) is 9.91. The SMILES string of the molecule is O=C(N[CH2][Sn])c1ccc(Cl)cc1.